The lowest BCUT2D eigenvalue weighted by molar-refractivity contribution is 1.64. The van der Waals surface area contributed by atoms with Gasteiger partial charge in [-0.25, -0.2) is 0 Å². The van der Waals surface area contributed by atoms with Gasteiger partial charge in [0.25, 0.3) is 0 Å². The summed E-state index contributed by atoms with van der Waals surface area (Å²) < 4.78 is 2.66. The standard InChI is InChI=1S/C50H32S3/c1-29-22-25-44(51-29)48-36-16-7-3-12-32(36)46(33-13-4-8-17-37(33)48)31-24-27-43-42(28-31)40-20-11-21-41(50(40)53-43)47-34-14-5-9-18-38(34)49(45-26-23-30(2)52-45)39-19-10-6-15-35(39)47/h3-28H,1-2H3. The average Bonchev–Trinajstić information content (AvgIpc) is 3.93. The van der Waals surface area contributed by atoms with Crippen molar-refractivity contribution in [2.75, 3.05) is 0 Å². The first-order valence-corrected chi connectivity index (χ1v) is 20.5. The molecule has 8 aromatic carbocycles. The number of benzene rings is 8. The summed E-state index contributed by atoms with van der Waals surface area (Å²) in [6.07, 6.45) is 0. The van der Waals surface area contributed by atoms with Crippen LogP contribution in [0.15, 0.2) is 158 Å². The first-order chi connectivity index (χ1) is 26.1. The summed E-state index contributed by atoms with van der Waals surface area (Å²) in [7, 11) is 0. The van der Waals surface area contributed by atoms with Crippen LogP contribution in [0.5, 0.6) is 0 Å². The van der Waals surface area contributed by atoms with Gasteiger partial charge in [-0.05, 0) is 110 Å². The maximum atomic E-state index is 2.46. The molecule has 3 heterocycles. The summed E-state index contributed by atoms with van der Waals surface area (Å²) in [6.45, 7) is 4.40. The number of thiophene rings is 3. The molecule has 11 rings (SSSR count). The Morgan fingerprint density at radius 2 is 0.755 bits per heavy atom. The van der Waals surface area contributed by atoms with Crippen molar-refractivity contribution in [3.63, 3.8) is 0 Å². The Bertz CT molecular complexity index is 3140. The van der Waals surface area contributed by atoms with Crippen molar-refractivity contribution < 1.29 is 0 Å². The summed E-state index contributed by atoms with van der Waals surface area (Å²) in [5.74, 6) is 0. The van der Waals surface area contributed by atoms with Crippen LogP contribution in [-0.4, -0.2) is 0 Å². The lowest BCUT2D eigenvalue weighted by Crippen LogP contribution is -1.90. The van der Waals surface area contributed by atoms with Gasteiger partial charge in [-0.15, -0.1) is 34.0 Å². The van der Waals surface area contributed by atoms with E-state index in [4.69, 9.17) is 0 Å². The molecule has 53 heavy (non-hydrogen) atoms. The maximum Gasteiger partial charge on any atom is 0.0434 e. The zero-order valence-electron chi connectivity index (χ0n) is 29.2. The van der Waals surface area contributed by atoms with Gasteiger partial charge in [-0.3, -0.25) is 0 Å². The monoisotopic (exact) mass is 728 g/mol. The van der Waals surface area contributed by atoms with Gasteiger partial charge in [-0.1, -0.05) is 121 Å². The first-order valence-electron chi connectivity index (χ1n) is 18.1. The first kappa shape index (κ1) is 31.0. The Morgan fingerprint density at radius 1 is 0.321 bits per heavy atom. The fourth-order valence-electron chi connectivity index (χ4n) is 8.68. The molecule has 0 amide bonds. The van der Waals surface area contributed by atoms with Crippen molar-refractivity contribution in [2.24, 2.45) is 0 Å². The number of fused-ring (bicyclic) bond motifs is 7. The molecule has 0 aliphatic carbocycles. The van der Waals surface area contributed by atoms with Gasteiger partial charge in [0.1, 0.15) is 0 Å². The van der Waals surface area contributed by atoms with Gasteiger partial charge >= 0.3 is 0 Å². The van der Waals surface area contributed by atoms with Crippen LogP contribution < -0.4 is 0 Å². The van der Waals surface area contributed by atoms with Crippen LogP contribution in [0.3, 0.4) is 0 Å². The van der Waals surface area contributed by atoms with Crippen LogP contribution in [0.4, 0.5) is 0 Å². The van der Waals surface area contributed by atoms with Gasteiger partial charge in [-0.2, -0.15) is 0 Å². The summed E-state index contributed by atoms with van der Waals surface area (Å²) >= 11 is 5.68. The van der Waals surface area contributed by atoms with Gasteiger partial charge in [0, 0.05) is 56.4 Å². The van der Waals surface area contributed by atoms with Crippen LogP contribution in [0, 0.1) is 13.8 Å². The molecule has 250 valence electrons. The number of hydrogen-bond acceptors (Lipinski definition) is 3. The molecule has 0 saturated heterocycles. The van der Waals surface area contributed by atoms with Crippen LogP contribution >= 0.6 is 34.0 Å². The second kappa shape index (κ2) is 12.0. The zero-order valence-corrected chi connectivity index (χ0v) is 31.7. The molecule has 0 aliphatic heterocycles. The van der Waals surface area contributed by atoms with Crippen LogP contribution in [0.25, 0.3) is 106 Å². The minimum atomic E-state index is 1.26. The molecule has 0 aliphatic rings. The molecule has 0 spiro atoms. The van der Waals surface area contributed by atoms with E-state index in [2.05, 4.69) is 172 Å². The third-order valence-corrected chi connectivity index (χ3v) is 14.1. The molecule has 0 saturated carbocycles. The van der Waals surface area contributed by atoms with E-state index >= 15 is 0 Å². The van der Waals surface area contributed by atoms with Crippen molar-refractivity contribution in [1.29, 1.82) is 0 Å². The number of hydrogen-bond donors (Lipinski definition) is 0. The van der Waals surface area contributed by atoms with Crippen LogP contribution in [0.2, 0.25) is 0 Å². The van der Waals surface area contributed by atoms with Gasteiger partial charge in [0.05, 0.1) is 0 Å². The molecular formula is C50H32S3. The molecule has 11 aromatic rings. The lowest BCUT2D eigenvalue weighted by Gasteiger charge is -2.17. The highest BCUT2D eigenvalue weighted by Crippen LogP contribution is 2.50. The molecule has 0 atom stereocenters. The van der Waals surface area contributed by atoms with Crippen molar-refractivity contribution in [3.05, 3.63) is 167 Å². The van der Waals surface area contributed by atoms with Crippen molar-refractivity contribution in [3.8, 4) is 43.1 Å². The Kier molecular flexibility index (Phi) is 7.00. The summed E-state index contributed by atoms with van der Waals surface area (Å²) in [5, 5.41) is 13.1. The van der Waals surface area contributed by atoms with E-state index < -0.39 is 0 Å². The Morgan fingerprint density at radius 3 is 1.21 bits per heavy atom. The maximum absolute atomic E-state index is 2.46. The minimum absolute atomic E-state index is 1.26. The summed E-state index contributed by atoms with van der Waals surface area (Å²) in [4.78, 5) is 5.32. The van der Waals surface area contributed by atoms with E-state index in [0.717, 1.165) is 0 Å². The smallest absolute Gasteiger partial charge is 0.0434 e. The third-order valence-electron chi connectivity index (χ3n) is 10.9. The van der Waals surface area contributed by atoms with E-state index in [0.29, 0.717) is 0 Å². The SMILES string of the molecule is Cc1ccc(-c2c3ccccc3c(-c3ccc4sc5c(-c6c7ccccc7c(-c7ccc(C)s7)c7ccccc67)cccc5c4c3)c3ccccc23)s1. The molecule has 0 unspecified atom stereocenters. The Hall–Kier alpha value is -5.58. The Balaban J connectivity index is 1.18. The molecule has 3 heteroatoms. The molecule has 0 radical (unpaired) electrons. The van der Waals surface area contributed by atoms with Crippen molar-refractivity contribution in [1.82, 2.24) is 0 Å². The van der Waals surface area contributed by atoms with E-state index in [1.807, 2.05) is 34.0 Å². The topological polar surface area (TPSA) is 0 Å². The van der Waals surface area contributed by atoms with Crippen LogP contribution in [-0.2, 0) is 0 Å². The minimum Gasteiger partial charge on any atom is -0.141 e. The fourth-order valence-corrected chi connectivity index (χ4v) is 11.8. The van der Waals surface area contributed by atoms with Crippen molar-refractivity contribution in [2.45, 2.75) is 13.8 Å². The normalized spacial score (nSPS) is 12.0. The second-order valence-electron chi connectivity index (χ2n) is 14.0. The molecule has 3 aromatic heterocycles. The molecule has 0 fully saturated rings. The third kappa shape index (κ3) is 4.71. The predicted octanol–water partition coefficient (Wildman–Crippen LogP) is 16.1. The number of aryl methyl sites for hydroxylation is 2. The molecule has 0 nitrogen and oxygen atoms in total. The quantitative estimate of drug-likeness (QED) is 0.158. The second-order valence-corrected chi connectivity index (χ2v) is 17.6. The molecule has 0 N–H and O–H groups in total. The fraction of sp³-hybridized carbons (Fsp3) is 0.0400. The number of rotatable bonds is 4. The molecular weight excluding hydrogens is 697 g/mol. The van der Waals surface area contributed by atoms with Crippen LogP contribution in [0.1, 0.15) is 9.75 Å². The van der Waals surface area contributed by atoms with E-state index in [1.165, 1.54) is 116 Å². The Labute approximate surface area is 319 Å². The highest BCUT2D eigenvalue weighted by atomic mass is 32.1. The van der Waals surface area contributed by atoms with E-state index in [9.17, 15) is 0 Å². The van der Waals surface area contributed by atoms with Gasteiger partial charge < -0.3 is 0 Å². The highest BCUT2D eigenvalue weighted by Gasteiger charge is 2.21. The molecule has 0 bridgehead atoms. The summed E-state index contributed by atoms with van der Waals surface area (Å²) in [5.41, 5.74) is 7.87. The zero-order chi connectivity index (χ0) is 35.2. The highest BCUT2D eigenvalue weighted by molar-refractivity contribution is 7.26. The van der Waals surface area contributed by atoms with Crippen molar-refractivity contribution >= 4 is 97.3 Å². The lowest BCUT2D eigenvalue weighted by atomic mass is 9.87. The largest absolute Gasteiger partial charge is 0.141 e. The van der Waals surface area contributed by atoms with Gasteiger partial charge in [0.2, 0.25) is 0 Å². The average molecular weight is 729 g/mol. The van der Waals surface area contributed by atoms with E-state index in [-0.39, 0.29) is 0 Å². The van der Waals surface area contributed by atoms with Gasteiger partial charge in [0.15, 0.2) is 0 Å². The summed E-state index contributed by atoms with van der Waals surface area (Å²) in [6, 6.07) is 59.2. The predicted molar refractivity (Wildman–Crippen MR) is 236 cm³/mol. The van der Waals surface area contributed by atoms with E-state index in [1.54, 1.807) is 0 Å².